The van der Waals surface area contributed by atoms with Crippen LogP contribution in [0.1, 0.15) is 38.5 Å². The number of methoxy groups -OCH3 is 1. The Morgan fingerprint density at radius 3 is 2.30 bits per heavy atom. The van der Waals surface area contributed by atoms with E-state index in [1.165, 1.54) is 26.4 Å². The third-order valence-electron chi connectivity index (χ3n) is 6.47. The molecule has 1 amide bonds. The van der Waals surface area contributed by atoms with Crippen LogP contribution in [-0.4, -0.2) is 39.8 Å². The first-order chi connectivity index (χ1) is 12.8. The first-order valence-corrected chi connectivity index (χ1v) is 11.5. The molecular formula is C20H28N2O4S. The number of benzene rings is 1. The summed E-state index contributed by atoms with van der Waals surface area (Å²) in [4.78, 5) is 12.9. The van der Waals surface area contributed by atoms with Crippen LogP contribution in [0.15, 0.2) is 24.3 Å². The Morgan fingerprint density at radius 1 is 1.19 bits per heavy atom. The fraction of sp³-hybridized carbons (Fsp3) is 0.650. The van der Waals surface area contributed by atoms with Crippen LogP contribution in [0, 0.1) is 17.8 Å². The molecule has 1 aromatic carbocycles. The van der Waals surface area contributed by atoms with Crippen molar-refractivity contribution in [3.63, 3.8) is 0 Å². The van der Waals surface area contributed by atoms with Crippen LogP contribution in [0.3, 0.4) is 0 Å². The fourth-order valence-corrected chi connectivity index (χ4v) is 6.74. The summed E-state index contributed by atoms with van der Waals surface area (Å²) in [5.41, 5.74) is 0.320. The lowest BCUT2D eigenvalue weighted by atomic mass is 9.53. The summed E-state index contributed by atoms with van der Waals surface area (Å²) in [6.45, 7) is -0.201. The van der Waals surface area contributed by atoms with E-state index < -0.39 is 10.0 Å². The summed E-state index contributed by atoms with van der Waals surface area (Å²) in [6, 6.07) is 6.80. The van der Waals surface area contributed by atoms with Gasteiger partial charge in [0.2, 0.25) is 15.9 Å². The van der Waals surface area contributed by atoms with Crippen LogP contribution in [0.25, 0.3) is 0 Å². The quantitative estimate of drug-likeness (QED) is 0.807. The average molecular weight is 393 g/mol. The van der Waals surface area contributed by atoms with Crippen LogP contribution < -0.4 is 14.4 Å². The molecule has 27 heavy (non-hydrogen) atoms. The highest BCUT2D eigenvalue weighted by atomic mass is 32.2. The van der Waals surface area contributed by atoms with Gasteiger partial charge in [-0.15, -0.1) is 0 Å². The molecule has 0 aliphatic heterocycles. The summed E-state index contributed by atoms with van der Waals surface area (Å²) in [6.07, 6.45) is 8.16. The number of anilines is 1. The Bertz CT molecular complexity index is 801. The Labute approximate surface area is 161 Å². The maximum Gasteiger partial charge on any atom is 0.241 e. The van der Waals surface area contributed by atoms with E-state index in [2.05, 4.69) is 5.32 Å². The van der Waals surface area contributed by atoms with E-state index in [4.69, 9.17) is 4.74 Å². The lowest BCUT2D eigenvalue weighted by Crippen LogP contribution is -2.61. The number of hydrogen-bond acceptors (Lipinski definition) is 4. The van der Waals surface area contributed by atoms with E-state index in [9.17, 15) is 13.2 Å². The molecule has 0 atom stereocenters. The number of ether oxygens (including phenoxy) is 1. The Balaban J connectivity index is 1.51. The minimum Gasteiger partial charge on any atom is -0.497 e. The molecule has 4 fully saturated rings. The second kappa shape index (κ2) is 6.69. The van der Waals surface area contributed by atoms with E-state index in [0.29, 0.717) is 11.4 Å². The van der Waals surface area contributed by atoms with Gasteiger partial charge in [0.1, 0.15) is 12.3 Å². The lowest BCUT2D eigenvalue weighted by molar-refractivity contribution is -0.125. The smallest absolute Gasteiger partial charge is 0.241 e. The summed E-state index contributed by atoms with van der Waals surface area (Å²) in [5, 5.41) is 3.25. The molecule has 0 heterocycles. The highest BCUT2D eigenvalue weighted by Crippen LogP contribution is 2.55. The van der Waals surface area contributed by atoms with Gasteiger partial charge in [-0.25, -0.2) is 8.42 Å². The van der Waals surface area contributed by atoms with Gasteiger partial charge in [-0.2, -0.15) is 0 Å². The first-order valence-electron chi connectivity index (χ1n) is 9.69. The number of rotatable bonds is 6. The Morgan fingerprint density at radius 2 is 1.78 bits per heavy atom. The van der Waals surface area contributed by atoms with Crippen LogP contribution in [-0.2, 0) is 14.8 Å². The highest BCUT2D eigenvalue weighted by Gasteiger charge is 2.51. The highest BCUT2D eigenvalue weighted by molar-refractivity contribution is 7.92. The van der Waals surface area contributed by atoms with E-state index >= 15 is 0 Å². The van der Waals surface area contributed by atoms with Gasteiger partial charge in [-0.1, -0.05) is 6.07 Å². The molecule has 0 saturated heterocycles. The maximum atomic E-state index is 12.9. The summed E-state index contributed by atoms with van der Waals surface area (Å²) >= 11 is 0. The van der Waals surface area contributed by atoms with Crippen LogP contribution in [0.5, 0.6) is 5.75 Å². The Kier molecular flexibility index (Phi) is 4.61. The van der Waals surface area contributed by atoms with Crippen molar-refractivity contribution in [1.82, 2.24) is 5.32 Å². The largest absolute Gasteiger partial charge is 0.497 e. The van der Waals surface area contributed by atoms with Gasteiger partial charge in [0.15, 0.2) is 0 Å². The zero-order valence-corrected chi connectivity index (χ0v) is 16.8. The van der Waals surface area contributed by atoms with Crippen LogP contribution in [0.4, 0.5) is 5.69 Å². The van der Waals surface area contributed by atoms with Crippen molar-refractivity contribution in [1.29, 1.82) is 0 Å². The molecule has 7 heteroatoms. The number of sulfonamides is 1. The normalized spacial score (nSPS) is 31.6. The van der Waals surface area contributed by atoms with Crippen molar-refractivity contribution in [3.8, 4) is 5.75 Å². The SMILES string of the molecule is COc1cccc(N(CC(=O)NC23CC4CC(CC(C4)C2)C3)S(C)(=O)=O)c1. The first kappa shape index (κ1) is 18.6. The number of amides is 1. The molecule has 4 aliphatic carbocycles. The molecule has 6 nitrogen and oxygen atoms in total. The van der Waals surface area contributed by atoms with Crippen molar-refractivity contribution in [3.05, 3.63) is 24.3 Å². The second-order valence-electron chi connectivity index (χ2n) is 8.72. The van der Waals surface area contributed by atoms with Gasteiger partial charge in [-0.05, 0) is 68.4 Å². The molecule has 4 saturated carbocycles. The minimum absolute atomic E-state index is 0.122. The number of carbonyl (C=O) groups excluding carboxylic acids is 1. The van der Waals surface area contributed by atoms with Crippen LogP contribution >= 0.6 is 0 Å². The van der Waals surface area contributed by atoms with Crippen molar-refractivity contribution in [2.24, 2.45) is 17.8 Å². The van der Waals surface area contributed by atoms with Crippen molar-refractivity contribution < 1.29 is 17.9 Å². The fourth-order valence-electron chi connectivity index (χ4n) is 5.90. The maximum absolute atomic E-state index is 12.9. The lowest BCUT2D eigenvalue weighted by Gasteiger charge is -2.57. The molecule has 0 unspecified atom stereocenters. The number of carbonyl (C=O) groups is 1. The molecule has 1 N–H and O–H groups in total. The van der Waals surface area contributed by atoms with E-state index in [1.807, 2.05) is 0 Å². The summed E-state index contributed by atoms with van der Waals surface area (Å²) in [7, 11) is -2.06. The Hall–Kier alpha value is -1.76. The number of hydrogen-bond donors (Lipinski definition) is 1. The molecule has 0 radical (unpaired) electrons. The second-order valence-corrected chi connectivity index (χ2v) is 10.6. The van der Waals surface area contributed by atoms with E-state index in [-0.39, 0.29) is 18.0 Å². The van der Waals surface area contributed by atoms with E-state index in [1.54, 1.807) is 24.3 Å². The molecule has 1 aromatic rings. The van der Waals surface area contributed by atoms with Gasteiger partial charge in [-0.3, -0.25) is 9.10 Å². The van der Waals surface area contributed by atoms with Gasteiger partial charge in [0, 0.05) is 11.6 Å². The predicted molar refractivity (Wildman–Crippen MR) is 104 cm³/mol. The third kappa shape index (κ3) is 3.79. The standard InChI is InChI=1S/C20H28N2O4S/c1-26-18-5-3-4-17(9-18)22(27(2,24)25)13-19(23)21-20-10-14-6-15(11-20)8-16(7-14)12-20/h3-5,9,14-16H,6-8,10-13H2,1-2H3,(H,21,23). The molecular weight excluding hydrogens is 364 g/mol. The predicted octanol–water partition coefficient (Wildman–Crippen LogP) is 2.55. The van der Waals surface area contributed by atoms with Crippen molar-refractivity contribution in [2.75, 3.05) is 24.2 Å². The van der Waals surface area contributed by atoms with Gasteiger partial charge >= 0.3 is 0 Å². The molecule has 0 aromatic heterocycles. The van der Waals surface area contributed by atoms with Gasteiger partial charge in [0.05, 0.1) is 19.1 Å². The van der Waals surface area contributed by atoms with Gasteiger partial charge in [0.25, 0.3) is 0 Å². The third-order valence-corrected chi connectivity index (χ3v) is 7.61. The molecule has 4 bridgehead atoms. The summed E-state index contributed by atoms with van der Waals surface area (Å²) < 4.78 is 31.0. The van der Waals surface area contributed by atoms with Crippen molar-refractivity contribution in [2.45, 2.75) is 44.1 Å². The monoisotopic (exact) mass is 392 g/mol. The topological polar surface area (TPSA) is 75.7 Å². The van der Waals surface area contributed by atoms with Crippen molar-refractivity contribution >= 4 is 21.6 Å². The molecule has 5 rings (SSSR count). The minimum atomic E-state index is -3.59. The molecule has 4 aliphatic rings. The number of nitrogens with one attached hydrogen (secondary N) is 1. The molecule has 0 spiro atoms. The zero-order chi connectivity index (χ0) is 19.2. The zero-order valence-electron chi connectivity index (χ0n) is 16.0. The van der Waals surface area contributed by atoms with E-state index in [0.717, 1.165) is 47.6 Å². The number of nitrogens with zero attached hydrogens (tertiary/aromatic N) is 1. The summed E-state index contributed by atoms with van der Waals surface area (Å²) in [5.74, 6) is 2.51. The van der Waals surface area contributed by atoms with Crippen LogP contribution in [0.2, 0.25) is 0 Å². The van der Waals surface area contributed by atoms with Gasteiger partial charge < -0.3 is 10.1 Å². The molecule has 148 valence electrons. The average Bonchev–Trinajstić information content (AvgIpc) is 2.57.